The molecule has 0 aliphatic heterocycles. The highest BCUT2D eigenvalue weighted by Gasteiger charge is 2.04. The fourth-order valence-electron chi connectivity index (χ4n) is 1.44. The number of pyridine rings is 1. The second-order valence-electron chi connectivity index (χ2n) is 3.60. The van der Waals surface area contributed by atoms with Crippen LogP contribution in [0.3, 0.4) is 0 Å². The zero-order valence-electron chi connectivity index (χ0n) is 9.27. The van der Waals surface area contributed by atoms with Crippen molar-refractivity contribution in [3.8, 4) is 5.75 Å². The molecule has 0 atom stereocenters. The van der Waals surface area contributed by atoms with Gasteiger partial charge in [-0.15, -0.1) is 0 Å². The maximum atomic E-state index is 10.9. The van der Waals surface area contributed by atoms with Gasteiger partial charge in [0.15, 0.2) is 6.29 Å². The summed E-state index contributed by atoms with van der Waals surface area (Å²) in [7, 11) is 0. The monoisotopic (exact) mass is 369 g/mol. The molecule has 0 saturated heterocycles. The van der Waals surface area contributed by atoms with Crippen LogP contribution in [0.1, 0.15) is 15.9 Å². The largest absolute Gasteiger partial charge is 0.488 e. The molecule has 3 nitrogen and oxygen atoms in total. The second-order valence-corrected chi connectivity index (χ2v) is 5.43. The van der Waals surface area contributed by atoms with Gasteiger partial charge in [0.05, 0.1) is 5.56 Å². The molecule has 18 heavy (non-hydrogen) atoms. The van der Waals surface area contributed by atoms with E-state index in [0.29, 0.717) is 17.9 Å². The summed E-state index contributed by atoms with van der Waals surface area (Å²) in [5.41, 5.74) is 1.46. The van der Waals surface area contributed by atoms with Gasteiger partial charge < -0.3 is 4.74 Å². The number of rotatable bonds is 4. The first-order valence-electron chi connectivity index (χ1n) is 5.16. The minimum absolute atomic E-state index is 0.370. The van der Waals surface area contributed by atoms with Gasteiger partial charge in [-0.1, -0.05) is 15.9 Å². The molecule has 0 unspecified atom stereocenters. The van der Waals surface area contributed by atoms with Crippen LogP contribution in [0.25, 0.3) is 0 Å². The number of aromatic nitrogens is 1. The molecule has 2 rings (SSSR count). The van der Waals surface area contributed by atoms with Gasteiger partial charge in [0.25, 0.3) is 0 Å². The van der Waals surface area contributed by atoms with E-state index in [1.165, 1.54) is 0 Å². The molecule has 92 valence electrons. The smallest absolute Gasteiger partial charge is 0.153 e. The molecule has 0 radical (unpaired) electrons. The van der Waals surface area contributed by atoms with Gasteiger partial charge in [-0.05, 0) is 40.2 Å². The third-order valence-electron chi connectivity index (χ3n) is 2.25. The summed E-state index contributed by atoms with van der Waals surface area (Å²) in [6, 6.07) is 7.24. The first-order chi connectivity index (χ1) is 8.69. The van der Waals surface area contributed by atoms with Crippen LogP contribution in [0.4, 0.5) is 0 Å². The molecule has 0 fully saturated rings. The van der Waals surface area contributed by atoms with Crippen molar-refractivity contribution in [2.45, 2.75) is 6.61 Å². The lowest BCUT2D eigenvalue weighted by Crippen LogP contribution is -1.98. The van der Waals surface area contributed by atoms with Gasteiger partial charge in [0.1, 0.15) is 12.4 Å². The Morgan fingerprint density at radius 1 is 1.17 bits per heavy atom. The number of nitrogens with zero attached hydrogens (tertiary/aromatic N) is 1. The predicted molar refractivity (Wildman–Crippen MR) is 75.8 cm³/mol. The summed E-state index contributed by atoms with van der Waals surface area (Å²) in [6.45, 7) is 0.370. The van der Waals surface area contributed by atoms with Crippen LogP contribution in [-0.4, -0.2) is 11.3 Å². The van der Waals surface area contributed by atoms with Crippen molar-refractivity contribution < 1.29 is 9.53 Å². The maximum absolute atomic E-state index is 10.9. The lowest BCUT2D eigenvalue weighted by atomic mass is 10.2. The second kappa shape index (κ2) is 6.11. The minimum atomic E-state index is 0.370. The first-order valence-corrected chi connectivity index (χ1v) is 6.74. The quantitative estimate of drug-likeness (QED) is 0.763. The number of carbonyl (C=O) groups is 1. The van der Waals surface area contributed by atoms with E-state index in [1.54, 1.807) is 24.5 Å². The molecule has 0 saturated carbocycles. The first kappa shape index (κ1) is 13.2. The van der Waals surface area contributed by atoms with Crippen LogP contribution in [0.5, 0.6) is 5.75 Å². The number of ether oxygens (including phenoxy) is 1. The zero-order valence-corrected chi connectivity index (χ0v) is 12.4. The number of carbonyl (C=O) groups excluding carboxylic acids is 1. The molecule has 0 N–H and O–H groups in total. The number of aldehydes is 1. The molecule has 0 aliphatic carbocycles. The summed E-state index contributed by atoms with van der Waals surface area (Å²) in [4.78, 5) is 15.0. The number of hydrogen-bond donors (Lipinski definition) is 0. The Labute approximate surface area is 121 Å². The Balaban J connectivity index is 2.13. The van der Waals surface area contributed by atoms with Crippen molar-refractivity contribution in [1.82, 2.24) is 4.98 Å². The molecule has 5 heteroatoms. The van der Waals surface area contributed by atoms with Crippen LogP contribution in [0.2, 0.25) is 0 Å². The van der Waals surface area contributed by atoms with E-state index < -0.39 is 0 Å². The number of halogens is 2. The highest BCUT2D eigenvalue weighted by atomic mass is 79.9. The van der Waals surface area contributed by atoms with Crippen molar-refractivity contribution >= 4 is 38.1 Å². The van der Waals surface area contributed by atoms with Gasteiger partial charge >= 0.3 is 0 Å². The molecular weight excluding hydrogens is 362 g/mol. The van der Waals surface area contributed by atoms with E-state index in [9.17, 15) is 4.79 Å². The van der Waals surface area contributed by atoms with Gasteiger partial charge in [-0.3, -0.25) is 9.78 Å². The van der Waals surface area contributed by atoms with Crippen LogP contribution < -0.4 is 4.74 Å². The van der Waals surface area contributed by atoms with Crippen molar-refractivity contribution in [3.05, 3.63) is 56.7 Å². The third kappa shape index (κ3) is 3.40. The maximum Gasteiger partial charge on any atom is 0.153 e. The van der Waals surface area contributed by atoms with E-state index in [2.05, 4.69) is 36.8 Å². The average molecular weight is 371 g/mol. The van der Waals surface area contributed by atoms with E-state index in [-0.39, 0.29) is 0 Å². The topological polar surface area (TPSA) is 39.2 Å². The van der Waals surface area contributed by atoms with E-state index >= 15 is 0 Å². The summed E-state index contributed by atoms with van der Waals surface area (Å²) >= 11 is 6.66. The highest BCUT2D eigenvalue weighted by Crippen LogP contribution is 2.22. The molecule has 0 amide bonds. The van der Waals surface area contributed by atoms with E-state index in [4.69, 9.17) is 4.74 Å². The minimum Gasteiger partial charge on any atom is -0.488 e. The number of benzene rings is 1. The molecule has 0 spiro atoms. The van der Waals surface area contributed by atoms with Crippen LogP contribution in [0.15, 0.2) is 45.6 Å². The summed E-state index contributed by atoms with van der Waals surface area (Å²) in [6.07, 6.45) is 4.21. The molecule has 1 aromatic heterocycles. The molecule has 0 bridgehead atoms. The van der Waals surface area contributed by atoms with E-state index in [0.717, 1.165) is 20.8 Å². The molecule has 2 aromatic rings. The predicted octanol–water partition coefficient (Wildman–Crippen LogP) is 4.00. The van der Waals surface area contributed by atoms with Crippen LogP contribution in [0, 0.1) is 0 Å². The molecule has 0 aliphatic rings. The highest BCUT2D eigenvalue weighted by molar-refractivity contribution is 9.10. The van der Waals surface area contributed by atoms with Gasteiger partial charge in [0, 0.05) is 26.9 Å². The Hall–Kier alpha value is -1.20. The van der Waals surface area contributed by atoms with Gasteiger partial charge in [-0.2, -0.15) is 0 Å². The Bertz CT molecular complexity index is 573. The summed E-state index contributed by atoms with van der Waals surface area (Å²) in [5.74, 6) is 0.563. The Kier molecular flexibility index (Phi) is 4.49. The summed E-state index contributed by atoms with van der Waals surface area (Å²) in [5, 5.41) is 0. The summed E-state index contributed by atoms with van der Waals surface area (Å²) < 4.78 is 7.36. The fourth-order valence-corrected chi connectivity index (χ4v) is 2.23. The fraction of sp³-hybridized carbons (Fsp3) is 0.0769. The van der Waals surface area contributed by atoms with Crippen molar-refractivity contribution in [2.75, 3.05) is 0 Å². The van der Waals surface area contributed by atoms with Crippen LogP contribution in [-0.2, 0) is 6.61 Å². The SMILES string of the molecule is O=Cc1cc(Br)ccc1OCc1cncc(Br)c1. The third-order valence-corrected chi connectivity index (χ3v) is 3.18. The average Bonchev–Trinajstić information content (AvgIpc) is 2.37. The van der Waals surface area contributed by atoms with Gasteiger partial charge in [0.2, 0.25) is 0 Å². The van der Waals surface area contributed by atoms with Crippen molar-refractivity contribution in [1.29, 1.82) is 0 Å². The van der Waals surface area contributed by atoms with E-state index in [1.807, 2.05) is 12.1 Å². The number of hydrogen-bond acceptors (Lipinski definition) is 3. The molecular formula is C13H9Br2NO2. The van der Waals surface area contributed by atoms with Crippen LogP contribution >= 0.6 is 31.9 Å². The lowest BCUT2D eigenvalue weighted by molar-refractivity contribution is 0.111. The van der Waals surface area contributed by atoms with Crippen molar-refractivity contribution in [3.63, 3.8) is 0 Å². The lowest BCUT2D eigenvalue weighted by Gasteiger charge is -2.08. The zero-order chi connectivity index (χ0) is 13.0. The molecule has 1 heterocycles. The Morgan fingerprint density at radius 2 is 2.00 bits per heavy atom. The Morgan fingerprint density at radius 3 is 2.72 bits per heavy atom. The standard InChI is InChI=1S/C13H9Br2NO2/c14-11-1-2-13(10(4-11)7-17)18-8-9-3-12(15)6-16-5-9/h1-7H,8H2. The van der Waals surface area contributed by atoms with Gasteiger partial charge in [-0.25, -0.2) is 0 Å². The van der Waals surface area contributed by atoms with Crippen molar-refractivity contribution in [2.24, 2.45) is 0 Å². The molecule has 1 aromatic carbocycles. The normalized spacial score (nSPS) is 10.1.